The van der Waals surface area contributed by atoms with Crippen molar-refractivity contribution >= 4 is 11.9 Å². The molecule has 0 aromatic heterocycles. The third-order valence-electron chi connectivity index (χ3n) is 1.71. The van der Waals surface area contributed by atoms with Gasteiger partial charge < -0.3 is 4.74 Å². The van der Waals surface area contributed by atoms with Crippen molar-refractivity contribution in [3.05, 3.63) is 35.4 Å². The standard InChI is InChI=1S/C9H10N2O3/c1-14-9(13)7-5-3-2-4-6(7)8(12)11-10/h2-5H,10H2,1H3,(H,11,12). The van der Waals surface area contributed by atoms with Crippen LogP contribution in [0.2, 0.25) is 0 Å². The van der Waals surface area contributed by atoms with E-state index >= 15 is 0 Å². The molecule has 1 aromatic carbocycles. The third kappa shape index (κ3) is 1.89. The predicted molar refractivity (Wildman–Crippen MR) is 49.4 cm³/mol. The average molecular weight is 194 g/mol. The lowest BCUT2D eigenvalue weighted by atomic mass is 10.1. The number of benzene rings is 1. The number of hydrazine groups is 1. The smallest absolute Gasteiger partial charge is 0.338 e. The van der Waals surface area contributed by atoms with E-state index in [2.05, 4.69) is 4.74 Å². The van der Waals surface area contributed by atoms with Crippen LogP contribution >= 0.6 is 0 Å². The topological polar surface area (TPSA) is 81.4 Å². The highest BCUT2D eigenvalue weighted by Crippen LogP contribution is 2.09. The predicted octanol–water partition coefficient (Wildman–Crippen LogP) is 0.0767. The minimum atomic E-state index is -0.566. The molecule has 3 N–H and O–H groups in total. The van der Waals surface area contributed by atoms with E-state index in [1.165, 1.54) is 19.2 Å². The minimum absolute atomic E-state index is 0.193. The largest absolute Gasteiger partial charge is 0.465 e. The summed E-state index contributed by atoms with van der Waals surface area (Å²) in [6, 6.07) is 6.27. The number of nitrogens with one attached hydrogen (secondary N) is 1. The fourth-order valence-electron chi connectivity index (χ4n) is 1.05. The third-order valence-corrected chi connectivity index (χ3v) is 1.71. The second-order valence-electron chi connectivity index (χ2n) is 2.51. The molecule has 5 heteroatoms. The summed E-state index contributed by atoms with van der Waals surface area (Å²) in [5, 5.41) is 0. The number of methoxy groups -OCH3 is 1. The van der Waals surface area contributed by atoms with Crippen LogP contribution in [0.4, 0.5) is 0 Å². The minimum Gasteiger partial charge on any atom is -0.465 e. The van der Waals surface area contributed by atoms with Gasteiger partial charge in [-0.25, -0.2) is 10.6 Å². The number of carbonyl (C=O) groups is 2. The molecule has 0 fully saturated rings. The van der Waals surface area contributed by atoms with E-state index in [-0.39, 0.29) is 11.1 Å². The number of carbonyl (C=O) groups excluding carboxylic acids is 2. The van der Waals surface area contributed by atoms with Crippen LogP contribution in [0, 0.1) is 0 Å². The van der Waals surface area contributed by atoms with Crippen molar-refractivity contribution in [2.24, 2.45) is 5.84 Å². The first-order valence-corrected chi connectivity index (χ1v) is 3.89. The van der Waals surface area contributed by atoms with Crippen LogP contribution in [-0.4, -0.2) is 19.0 Å². The Morgan fingerprint density at radius 1 is 1.29 bits per heavy atom. The Kier molecular flexibility index (Phi) is 3.19. The molecule has 1 aromatic rings. The fraction of sp³-hybridized carbons (Fsp3) is 0.111. The van der Waals surface area contributed by atoms with E-state index in [1.807, 2.05) is 5.43 Å². The average Bonchev–Trinajstić information content (AvgIpc) is 2.27. The van der Waals surface area contributed by atoms with Gasteiger partial charge in [0.05, 0.1) is 18.2 Å². The Balaban J connectivity index is 3.15. The number of nitrogens with two attached hydrogens (primary N) is 1. The van der Waals surface area contributed by atoms with Gasteiger partial charge in [-0.3, -0.25) is 10.2 Å². The van der Waals surface area contributed by atoms with Crippen molar-refractivity contribution in [2.45, 2.75) is 0 Å². The van der Waals surface area contributed by atoms with Crippen LogP contribution < -0.4 is 11.3 Å². The Morgan fingerprint density at radius 2 is 1.86 bits per heavy atom. The van der Waals surface area contributed by atoms with Crippen LogP contribution in [0.15, 0.2) is 24.3 Å². The van der Waals surface area contributed by atoms with Crippen LogP contribution in [0.1, 0.15) is 20.7 Å². The molecule has 74 valence electrons. The number of esters is 1. The van der Waals surface area contributed by atoms with Crippen molar-refractivity contribution in [3.8, 4) is 0 Å². The van der Waals surface area contributed by atoms with Crippen molar-refractivity contribution in [3.63, 3.8) is 0 Å². The number of hydrogen-bond acceptors (Lipinski definition) is 4. The molecule has 0 bridgehead atoms. The van der Waals surface area contributed by atoms with Gasteiger partial charge in [0.25, 0.3) is 5.91 Å². The van der Waals surface area contributed by atoms with Crippen molar-refractivity contribution in [1.82, 2.24) is 5.43 Å². The summed E-state index contributed by atoms with van der Waals surface area (Å²) in [6.07, 6.45) is 0. The zero-order chi connectivity index (χ0) is 10.6. The monoisotopic (exact) mass is 194 g/mol. The van der Waals surface area contributed by atoms with E-state index in [9.17, 15) is 9.59 Å². The van der Waals surface area contributed by atoms with Gasteiger partial charge in [0, 0.05) is 0 Å². The van der Waals surface area contributed by atoms with Crippen molar-refractivity contribution in [1.29, 1.82) is 0 Å². The van der Waals surface area contributed by atoms with E-state index in [0.29, 0.717) is 0 Å². The van der Waals surface area contributed by atoms with Crippen LogP contribution in [0.3, 0.4) is 0 Å². The number of rotatable bonds is 2. The summed E-state index contributed by atoms with van der Waals surface area (Å²) < 4.78 is 4.51. The molecular formula is C9H10N2O3. The molecule has 0 radical (unpaired) electrons. The Morgan fingerprint density at radius 3 is 2.36 bits per heavy atom. The van der Waals surface area contributed by atoms with Gasteiger partial charge in [-0.05, 0) is 12.1 Å². The first kappa shape index (κ1) is 10.2. The molecule has 0 aliphatic carbocycles. The van der Waals surface area contributed by atoms with Gasteiger partial charge in [0.1, 0.15) is 0 Å². The maximum atomic E-state index is 11.2. The van der Waals surface area contributed by atoms with Crippen LogP contribution in [-0.2, 0) is 4.74 Å². The quantitative estimate of drug-likeness (QED) is 0.302. The van der Waals surface area contributed by atoms with E-state index < -0.39 is 11.9 Å². The van der Waals surface area contributed by atoms with E-state index in [4.69, 9.17) is 5.84 Å². The second-order valence-corrected chi connectivity index (χ2v) is 2.51. The molecule has 0 saturated heterocycles. The lowest BCUT2D eigenvalue weighted by Gasteiger charge is -2.05. The lowest BCUT2D eigenvalue weighted by Crippen LogP contribution is -2.31. The van der Waals surface area contributed by atoms with E-state index in [0.717, 1.165) is 0 Å². The highest BCUT2D eigenvalue weighted by atomic mass is 16.5. The normalized spacial score (nSPS) is 9.29. The molecule has 5 nitrogen and oxygen atoms in total. The maximum Gasteiger partial charge on any atom is 0.338 e. The van der Waals surface area contributed by atoms with Gasteiger partial charge in [-0.1, -0.05) is 12.1 Å². The second kappa shape index (κ2) is 4.38. The first-order valence-electron chi connectivity index (χ1n) is 3.89. The first-order chi connectivity index (χ1) is 6.70. The Hall–Kier alpha value is -1.88. The maximum absolute atomic E-state index is 11.2. The Labute approximate surface area is 80.8 Å². The van der Waals surface area contributed by atoms with E-state index in [1.54, 1.807) is 12.1 Å². The van der Waals surface area contributed by atoms with Gasteiger partial charge in [0.2, 0.25) is 0 Å². The molecular weight excluding hydrogens is 184 g/mol. The molecule has 1 amide bonds. The molecule has 0 unspecified atom stereocenters. The van der Waals surface area contributed by atoms with Crippen LogP contribution in [0.25, 0.3) is 0 Å². The summed E-state index contributed by atoms with van der Waals surface area (Å²) in [6.45, 7) is 0. The number of ether oxygens (including phenoxy) is 1. The van der Waals surface area contributed by atoms with Crippen molar-refractivity contribution in [2.75, 3.05) is 7.11 Å². The summed E-state index contributed by atoms with van der Waals surface area (Å²) in [5.74, 6) is 3.88. The molecule has 0 heterocycles. The Bertz CT molecular complexity index is 328. The molecule has 0 aliphatic heterocycles. The van der Waals surface area contributed by atoms with Gasteiger partial charge in [-0.2, -0.15) is 0 Å². The number of amides is 1. The zero-order valence-corrected chi connectivity index (χ0v) is 7.61. The molecule has 0 aliphatic rings. The molecule has 0 saturated carbocycles. The number of hydrogen-bond donors (Lipinski definition) is 2. The summed E-state index contributed by atoms with van der Waals surface area (Å²) in [5.41, 5.74) is 2.34. The van der Waals surface area contributed by atoms with Crippen molar-refractivity contribution < 1.29 is 14.3 Å². The SMILES string of the molecule is COC(=O)c1ccccc1C(=O)NN. The number of nitrogen functional groups attached to an aromatic ring is 1. The fourth-order valence-corrected chi connectivity index (χ4v) is 1.05. The summed E-state index contributed by atoms with van der Waals surface area (Å²) in [4.78, 5) is 22.4. The highest BCUT2D eigenvalue weighted by Gasteiger charge is 2.15. The van der Waals surface area contributed by atoms with Gasteiger partial charge in [-0.15, -0.1) is 0 Å². The molecule has 0 atom stereocenters. The summed E-state index contributed by atoms with van der Waals surface area (Å²) in [7, 11) is 1.25. The highest BCUT2D eigenvalue weighted by molar-refractivity contribution is 6.05. The zero-order valence-electron chi connectivity index (χ0n) is 7.61. The van der Waals surface area contributed by atoms with Gasteiger partial charge in [0.15, 0.2) is 0 Å². The lowest BCUT2D eigenvalue weighted by molar-refractivity contribution is 0.0596. The van der Waals surface area contributed by atoms with Crippen LogP contribution in [0.5, 0.6) is 0 Å². The molecule has 0 spiro atoms. The molecule has 1 rings (SSSR count). The molecule has 14 heavy (non-hydrogen) atoms. The summed E-state index contributed by atoms with van der Waals surface area (Å²) >= 11 is 0. The van der Waals surface area contributed by atoms with Gasteiger partial charge >= 0.3 is 5.97 Å².